The van der Waals surface area contributed by atoms with E-state index in [1.165, 1.54) is 0 Å². The summed E-state index contributed by atoms with van der Waals surface area (Å²) in [5.74, 6) is -1.90. The Labute approximate surface area is 153 Å². The van der Waals surface area contributed by atoms with E-state index in [1.54, 1.807) is 0 Å². The maximum Gasteiger partial charge on any atom is 0.246 e. The van der Waals surface area contributed by atoms with Gasteiger partial charge in [0, 0.05) is 31.7 Å². The van der Waals surface area contributed by atoms with Crippen molar-refractivity contribution in [3.63, 3.8) is 0 Å². The molecule has 6 nitrogen and oxygen atoms in total. The lowest BCUT2D eigenvalue weighted by Crippen LogP contribution is -2.53. The molecule has 0 radical (unpaired) electrons. The number of sulfonamides is 1. The highest BCUT2D eigenvalue weighted by Gasteiger charge is 2.31. The summed E-state index contributed by atoms with van der Waals surface area (Å²) in [4.78, 5) is 13.3. The molecule has 1 saturated heterocycles. The summed E-state index contributed by atoms with van der Waals surface area (Å²) in [6, 6.07) is 2.37. The van der Waals surface area contributed by atoms with Gasteiger partial charge in [-0.15, -0.1) is 0 Å². The van der Waals surface area contributed by atoms with Crippen molar-refractivity contribution < 1.29 is 22.0 Å². The van der Waals surface area contributed by atoms with Gasteiger partial charge in [-0.25, -0.2) is 17.2 Å². The van der Waals surface area contributed by atoms with E-state index in [1.807, 2.05) is 25.7 Å². The predicted octanol–water partition coefficient (Wildman–Crippen LogP) is 1.58. The van der Waals surface area contributed by atoms with E-state index in [4.69, 9.17) is 0 Å². The Hall–Kier alpha value is -1.58. The first-order chi connectivity index (χ1) is 12.0. The van der Waals surface area contributed by atoms with Crippen LogP contribution in [0.2, 0.25) is 0 Å². The van der Waals surface area contributed by atoms with E-state index in [-0.39, 0.29) is 31.1 Å². The Morgan fingerprint density at radius 1 is 1.19 bits per heavy atom. The normalized spacial score (nSPS) is 17.3. The molecule has 146 valence electrons. The number of piperazine rings is 1. The fourth-order valence-electron chi connectivity index (χ4n) is 2.65. The van der Waals surface area contributed by atoms with Gasteiger partial charge < -0.3 is 5.32 Å². The van der Waals surface area contributed by atoms with Crippen molar-refractivity contribution in [3.05, 3.63) is 29.8 Å². The van der Waals surface area contributed by atoms with Crippen LogP contribution in [0.1, 0.15) is 27.2 Å². The highest BCUT2D eigenvalue weighted by molar-refractivity contribution is 7.89. The third-order valence-electron chi connectivity index (χ3n) is 4.57. The molecule has 0 aliphatic carbocycles. The number of carbonyl (C=O) groups excluding carboxylic acids is 1. The molecule has 0 bridgehead atoms. The molecular weight excluding hydrogens is 364 g/mol. The Kier molecular flexibility index (Phi) is 6.36. The molecule has 1 aliphatic rings. The van der Waals surface area contributed by atoms with Gasteiger partial charge in [-0.1, -0.05) is 6.92 Å². The zero-order valence-electron chi connectivity index (χ0n) is 15.3. The van der Waals surface area contributed by atoms with Gasteiger partial charge >= 0.3 is 0 Å². The zero-order chi connectivity index (χ0) is 19.5. The van der Waals surface area contributed by atoms with Gasteiger partial charge in [0.05, 0.1) is 6.54 Å². The molecule has 1 aromatic rings. The van der Waals surface area contributed by atoms with E-state index < -0.39 is 26.6 Å². The van der Waals surface area contributed by atoms with Crippen LogP contribution in [0.5, 0.6) is 0 Å². The molecule has 0 saturated carbocycles. The summed E-state index contributed by atoms with van der Waals surface area (Å²) in [5.41, 5.74) is -0.294. The lowest BCUT2D eigenvalue weighted by Gasteiger charge is -2.34. The van der Waals surface area contributed by atoms with Crippen molar-refractivity contribution >= 4 is 15.9 Å². The minimum atomic E-state index is -4.11. The summed E-state index contributed by atoms with van der Waals surface area (Å²) in [6.07, 6.45) is 0.796. The van der Waals surface area contributed by atoms with Gasteiger partial charge in [0.25, 0.3) is 0 Å². The molecule has 1 heterocycles. The number of nitrogens with one attached hydrogen (secondary N) is 1. The fraction of sp³-hybridized carbons (Fsp3) is 0.588. The molecule has 1 aliphatic heterocycles. The number of rotatable bonds is 6. The summed E-state index contributed by atoms with van der Waals surface area (Å²) in [6.45, 7) is 6.94. The summed E-state index contributed by atoms with van der Waals surface area (Å²) in [5, 5.41) is 2.93. The van der Waals surface area contributed by atoms with Gasteiger partial charge in [0.1, 0.15) is 16.5 Å². The van der Waals surface area contributed by atoms with E-state index in [0.29, 0.717) is 19.2 Å². The minimum Gasteiger partial charge on any atom is -0.350 e. The lowest BCUT2D eigenvalue weighted by molar-refractivity contribution is -0.124. The van der Waals surface area contributed by atoms with E-state index in [9.17, 15) is 22.0 Å². The van der Waals surface area contributed by atoms with E-state index in [0.717, 1.165) is 22.9 Å². The van der Waals surface area contributed by atoms with E-state index >= 15 is 0 Å². The Morgan fingerprint density at radius 3 is 2.38 bits per heavy atom. The number of halogens is 2. The first-order valence-electron chi connectivity index (χ1n) is 8.54. The molecule has 1 N–H and O–H groups in total. The smallest absolute Gasteiger partial charge is 0.246 e. The van der Waals surface area contributed by atoms with Crippen LogP contribution in [-0.2, 0) is 14.8 Å². The Bertz CT molecular complexity index is 761. The van der Waals surface area contributed by atoms with Crippen molar-refractivity contribution in [2.24, 2.45) is 0 Å². The second-order valence-corrected chi connectivity index (χ2v) is 8.95. The number of hydrogen-bond donors (Lipinski definition) is 1. The summed E-state index contributed by atoms with van der Waals surface area (Å²) in [7, 11) is -4.11. The van der Waals surface area contributed by atoms with Crippen molar-refractivity contribution in [1.82, 2.24) is 14.5 Å². The molecule has 1 fully saturated rings. The monoisotopic (exact) mass is 389 g/mol. The van der Waals surface area contributed by atoms with Crippen LogP contribution in [0.25, 0.3) is 0 Å². The molecule has 1 aromatic carbocycles. The van der Waals surface area contributed by atoms with Crippen LogP contribution in [0.3, 0.4) is 0 Å². The number of carbonyl (C=O) groups is 1. The number of hydrogen-bond acceptors (Lipinski definition) is 4. The van der Waals surface area contributed by atoms with Gasteiger partial charge in [-0.3, -0.25) is 9.69 Å². The molecular formula is C17H25F2N3O3S. The highest BCUT2D eigenvalue weighted by Crippen LogP contribution is 2.21. The van der Waals surface area contributed by atoms with Gasteiger partial charge in [-0.05, 0) is 38.5 Å². The van der Waals surface area contributed by atoms with Gasteiger partial charge in [0.15, 0.2) is 0 Å². The molecule has 2 rings (SSSR count). The largest absolute Gasteiger partial charge is 0.350 e. The molecule has 0 aromatic heterocycles. The molecule has 9 heteroatoms. The Balaban J connectivity index is 1.97. The predicted molar refractivity (Wildman–Crippen MR) is 94.1 cm³/mol. The standard InChI is InChI=1S/C17H25F2N3O3S/c1-4-17(2,3)20-16(23)12-21-7-9-22(10-8-21)26(24,25)15-11-13(18)5-6-14(15)19/h5-6,11H,4,7-10,12H2,1-3H3,(H,20,23). The van der Waals surface area contributed by atoms with Gasteiger partial charge in [-0.2, -0.15) is 4.31 Å². The molecule has 1 amide bonds. The first kappa shape index (κ1) is 20.7. The number of amides is 1. The average molecular weight is 389 g/mol. The van der Waals surface area contributed by atoms with Crippen molar-refractivity contribution in [2.75, 3.05) is 32.7 Å². The second-order valence-electron chi connectivity index (χ2n) is 7.04. The van der Waals surface area contributed by atoms with Crippen LogP contribution < -0.4 is 5.32 Å². The van der Waals surface area contributed by atoms with Crippen LogP contribution in [0.4, 0.5) is 8.78 Å². The third-order valence-corrected chi connectivity index (χ3v) is 6.48. The van der Waals surface area contributed by atoms with Gasteiger partial charge in [0.2, 0.25) is 15.9 Å². The molecule has 0 atom stereocenters. The van der Waals surface area contributed by atoms with Crippen LogP contribution in [0.15, 0.2) is 23.1 Å². The van der Waals surface area contributed by atoms with Crippen molar-refractivity contribution in [3.8, 4) is 0 Å². The molecule has 0 unspecified atom stereocenters. The lowest BCUT2D eigenvalue weighted by atomic mass is 10.0. The van der Waals surface area contributed by atoms with Crippen molar-refractivity contribution in [2.45, 2.75) is 37.6 Å². The van der Waals surface area contributed by atoms with Crippen LogP contribution in [0, 0.1) is 11.6 Å². The van der Waals surface area contributed by atoms with Crippen molar-refractivity contribution in [1.29, 1.82) is 0 Å². The third kappa shape index (κ3) is 4.99. The zero-order valence-corrected chi connectivity index (χ0v) is 16.1. The number of nitrogens with zero attached hydrogens (tertiary/aromatic N) is 2. The second kappa shape index (κ2) is 7.98. The maximum absolute atomic E-state index is 13.8. The SMILES string of the molecule is CCC(C)(C)NC(=O)CN1CCN(S(=O)(=O)c2cc(F)ccc2F)CC1. The fourth-order valence-corrected chi connectivity index (χ4v) is 4.15. The highest BCUT2D eigenvalue weighted by atomic mass is 32.2. The maximum atomic E-state index is 13.8. The quantitative estimate of drug-likeness (QED) is 0.802. The first-order valence-corrected chi connectivity index (χ1v) is 9.98. The average Bonchev–Trinajstić information content (AvgIpc) is 2.57. The van der Waals surface area contributed by atoms with E-state index in [2.05, 4.69) is 5.32 Å². The molecule has 26 heavy (non-hydrogen) atoms. The Morgan fingerprint density at radius 2 is 1.81 bits per heavy atom. The molecule has 0 spiro atoms. The summed E-state index contributed by atoms with van der Waals surface area (Å²) < 4.78 is 53.3. The van der Waals surface area contributed by atoms with Crippen LogP contribution >= 0.6 is 0 Å². The topological polar surface area (TPSA) is 69.7 Å². The van der Waals surface area contributed by atoms with Crippen LogP contribution in [-0.4, -0.2) is 61.8 Å². The summed E-state index contributed by atoms with van der Waals surface area (Å²) >= 11 is 0. The number of benzene rings is 1. The minimum absolute atomic E-state index is 0.114.